The third-order valence-corrected chi connectivity index (χ3v) is 6.40. The first-order valence-corrected chi connectivity index (χ1v) is 12.4. The Balaban J connectivity index is 1.60. The molecule has 5 heteroatoms. The Morgan fingerprint density at radius 1 is 1.03 bits per heavy atom. The number of nitrogens with one attached hydrogen (secondary N) is 1. The Morgan fingerprint density at radius 2 is 1.83 bits per heavy atom. The molecule has 0 bridgehead atoms. The molecule has 2 amide bonds. The van der Waals surface area contributed by atoms with Gasteiger partial charge in [0, 0.05) is 18.7 Å². The van der Waals surface area contributed by atoms with Crippen molar-refractivity contribution in [1.29, 1.82) is 0 Å². The van der Waals surface area contributed by atoms with E-state index in [1.165, 1.54) is 5.56 Å². The molecule has 3 aromatic rings. The van der Waals surface area contributed by atoms with Crippen LogP contribution in [0.3, 0.4) is 0 Å². The highest BCUT2D eigenvalue weighted by atomic mass is 16.5. The normalized spacial score (nSPS) is 15.0. The van der Waals surface area contributed by atoms with Gasteiger partial charge < -0.3 is 15.0 Å². The summed E-state index contributed by atoms with van der Waals surface area (Å²) in [5.74, 6) is 1.06. The molecule has 3 aromatic carbocycles. The molecule has 0 aliphatic carbocycles. The highest BCUT2D eigenvalue weighted by Gasteiger charge is 2.33. The van der Waals surface area contributed by atoms with Gasteiger partial charge in [-0.15, -0.1) is 0 Å². The quantitative estimate of drug-likeness (QED) is 0.485. The molecule has 1 heterocycles. The zero-order chi connectivity index (χ0) is 24.8. The number of benzene rings is 3. The van der Waals surface area contributed by atoms with E-state index in [0.29, 0.717) is 30.3 Å². The number of nitrogens with zero attached hydrogens (tertiary/aromatic N) is 1. The van der Waals surface area contributed by atoms with Gasteiger partial charge in [0.25, 0.3) is 11.8 Å². The van der Waals surface area contributed by atoms with Crippen LogP contribution in [-0.4, -0.2) is 36.4 Å². The summed E-state index contributed by atoms with van der Waals surface area (Å²) in [7, 11) is 0. The molecule has 0 fully saturated rings. The van der Waals surface area contributed by atoms with Crippen molar-refractivity contribution in [1.82, 2.24) is 10.2 Å². The maximum atomic E-state index is 13.6. The molecule has 0 spiro atoms. The zero-order valence-electron chi connectivity index (χ0n) is 20.8. The Hall–Kier alpha value is -3.60. The van der Waals surface area contributed by atoms with Crippen molar-refractivity contribution in [3.63, 3.8) is 0 Å². The lowest BCUT2D eigenvalue weighted by Gasteiger charge is -2.38. The monoisotopic (exact) mass is 470 g/mol. The van der Waals surface area contributed by atoms with Crippen molar-refractivity contribution >= 4 is 11.8 Å². The van der Waals surface area contributed by atoms with Crippen molar-refractivity contribution < 1.29 is 14.3 Å². The van der Waals surface area contributed by atoms with Gasteiger partial charge in [0.05, 0.1) is 6.04 Å². The van der Waals surface area contributed by atoms with E-state index in [0.717, 1.165) is 29.5 Å². The Labute approximate surface area is 208 Å². The fourth-order valence-electron chi connectivity index (χ4n) is 4.55. The molecule has 0 saturated carbocycles. The second-order valence-electron chi connectivity index (χ2n) is 9.61. The fourth-order valence-corrected chi connectivity index (χ4v) is 4.55. The average Bonchev–Trinajstić information content (AvgIpc) is 2.86. The lowest BCUT2D eigenvalue weighted by molar-refractivity contribution is -0.123. The predicted molar refractivity (Wildman–Crippen MR) is 139 cm³/mol. The fraction of sp³-hybridized carbons (Fsp3) is 0.333. The van der Waals surface area contributed by atoms with Crippen LogP contribution in [0.5, 0.6) is 5.75 Å². The highest BCUT2D eigenvalue weighted by molar-refractivity contribution is 5.95. The molecule has 1 aliphatic heterocycles. The van der Waals surface area contributed by atoms with Gasteiger partial charge >= 0.3 is 0 Å². The number of amides is 2. The number of ether oxygens (including phenoxy) is 1. The molecule has 1 N–H and O–H groups in total. The van der Waals surface area contributed by atoms with Gasteiger partial charge in [-0.05, 0) is 66.6 Å². The van der Waals surface area contributed by atoms with E-state index in [1.807, 2.05) is 53.4 Å². The summed E-state index contributed by atoms with van der Waals surface area (Å²) in [4.78, 5) is 27.7. The number of fused-ring (bicyclic) bond motifs is 1. The average molecular weight is 471 g/mol. The largest absolute Gasteiger partial charge is 0.484 e. The lowest BCUT2D eigenvalue weighted by atomic mass is 9.87. The second kappa shape index (κ2) is 11.2. The molecule has 182 valence electrons. The minimum absolute atomic E-state index is 0.0126. The molecular formula is C30H34N2O3. The highest BCUT2D eigenvalue weighted by Crippen LogP contribution is 2.38. The molecule has 35 heavy (non-hydrogen) atoms. The van der Waals surface area contributed by atoms with Crippen LogP contribution in [0.1, 0.15) is 58.9 Å². The van der Waals surface area contributed by atoms with Gasteiger partial charge in [-0.1, -0.05) is 67.9 Å². The number of carbonyl (C=O) groups is 2. The van der Waals surface area contributed by atoms with Gasteiger partial charge in [-0.25, -0.2) is 0 Å². The number of rotatable bonds is 8. The van der Waals surface area contributed by atoms with Crippen LogP contribution in [0.4, 0.5) is 0 Å². The summed E-state index contributed by atoms with van der Waals surface area (Å²) in [6.07, 6.45) is 1.71. The van der Waals surface area contributed by atoms with E-state index in [2.05, 4.69) is 50.4 Å². The van der Waals surface area contributed by atoms with Crippen molar-refractivity contribution in [2.45, 2.75) is 39.7 Å². The third kappa shape index (κ3) is 6.10. The van der Waals surface area contributed by atoms with E-state index < -0.39 is 0 Å². The SMILES string of the molecule is Cc1cccc([C@H]2c3cc(OCC(=O)NCCC(C)C)ccc3CCN2C(=O)c2ccccc2)c1. The number of hydrogen-bond donors (Lipinski definition) is 1. The topological polar surface area (TPSA) is 58.6 Å². The minimum atomic E-state index is -0.227. The van der Waals surface area contributed by atoms with E-state index >= 15 is 0 Å². The molecule has 0 unspecified atom stereocenters. The Kier molecular flexibility index (Phi) is 7.86. The van der Waals surface area contributed by atoms with E-state index in [-0.39, 0.29) is 24.5 Å². The summed E-state index contributed by atoms with van der Waals surface area (Å²) in [6.45, 7) is 7.58. The van der Waals surface area contributed by atoms with Crippen LogP contribution in [0, 0.1) is 12.8 Å². The summed E-state index contributed by atoms with van der Waals surface area (Å²) in [5.41, 5.74) is 5.14. The molecule has 5 nitrogen and oxygen atoms in total. The number of carbonyl (C=O) groups excluding carboxylic acids is 2. The molecule has 0 aromatic heterocycles. The zero-order valence-corrected chi connectivity index (χ0v) is 20.8. The molecule has 1 atom stereocenters. The van der Waals surface area contributed by atoms with Crippen LogP contribution < -0.4 is 10.1 Å². The Bertz CT molecular complexity index is 1170. The van der Waals surface area contributed by atoms with Crippen LogP contribution in [0.15, 0.2) is 72.8 Å². The van der Waals surface area contributed by atoms with Crippen molar-refractivity contribution in [3.05, 3.63) is 101 Å². The molecule has 1 aliphatic rings. The first-order chi connectivity index (χ1) is 16.9. The van der Waals surface area contributed by atoms with Crippen LogP contribution in [-0.2, 0) is 11.2 Å². The number of aryl methyl sites for hydroxylation is 1. The molecule has 0 saturated heterocycles. The van der Waals surface area contributed by atoms with Gasteiger partial charge in [0.15, 0.2) is 6.61 Å². The van der Waals surface area contributed by atoms with Crippen molar-refractivity contribution in [2.75, 3.05) is 19.7 Å². The van der Waals surface area contributed by atoms with Crippen LogP contribution >= 0.6 is 0 Å². The van der Waals surface area contributed by atoms with E-state index in [1.54, 1.807) is 0 Å². The van der Waals surface area contributed by atoms with Gasteiger partial charge in [-0.3, -0.25) is 9.59 Å². The first-order valence-electron chi connectivity index (χ1n) is 12.4. The molecule has 0 radical (unpaired) electrons. The van der Waals surface area contributed by atoms with E-state index in [4.69, 9.17) is 4.74 Å². The van der Waals surface area contributed by atoms with Crippen LogP contribution in [0.25, 0.3) is 0 Å². The number of hydrogen-bond acceptors (Lipinski definition) is 3. The van der Waals surface area contributed by atoms with Gasteiger partial charge in [0.2, 0.25) is 0 Å². The standard InChI is InChI=1S/C30H34N2O3/c1-21(2)14-16-31-28(33)20-35-26-13-12-23-15-17-32(30(34)24-9-5-4-6-10-24)29(27(23)19-26)25-11-7-8-22(3)18-25/h4-13,18-19,21,29H,14-17,20H2,1-3H3,(H,31,33)/t29-/m0/s1. The predicted octanol–water partition coefficient (Wildman–Crippen LogP) is 5.32. The van der Waals surface area contributed by atoms with Crippen molar-refractivity contribution in [2.24, 2.45) is 5.92 Å². The summed E-state index contributed by atoms with van der Waals surface area (Å²) in [5, 5.41) is 2.91. The first kappa shape index (κ1) is 24.5. The second-order valence-corrected chi connectivity index (χ2v) is 9.61. The Morgan fingerprint density at radius 3 is 2.57 bits per heavy atom. The van der Waals surface area contributed by atoms with Crippen LogP contribution in [0.2, 0.25) is 0 Å². The maximum Gasteiger partial charge on any atom is 0.257 e. The van der Waals surface area contributed by atoms with Gasteiger partial charge in [0.1, 0.15) is 5.75 Å². The third-order valence-electron chi connectivity index (χ3n) is 6.40. The van der Waals surface area contributed by atoms with Crippen molar-refractivity contribution in [3.8, 4) is 5.75 Å². The minimum Gasteiger partial charge on any atom is -0.484 e. The smallest absolute Gasteiger partial charge is 0.257 e. The maximum absolute atomic E-state index is 13.6. The summed E-state index contributed by atoms with van der Waals surface area (Å²) < 4.78 is 5.86. The summed E-state index contributed by atoms with van der Waals surface area (Å²) >= 11 is 0. The molecular weight excluding hydrogens is 436 g/mol. The van der Waals surface area contributed by atoms with E-state index in [9.17, 15) is 9.59 Å². The summed E-state index contributed by atoms with van der Waals surface area (Å²) in [6, 6.07) is 23.5. The van der Waals surface area contributed by atoms with Gasteiger partial charge in [-0.2, -0.15) is 0 Å². The molecule has 4 rings (SSSR count). The lowest BCUT2D eigenvalue weighted by Crippen LogP contribution is -2.40.